The zero-order valence-electron chi connectivity index (χ0n) is 14.3. The van der Waals surface area contributed by atoms with Gasteiger partial charge in [0.1, 0.15) is 9.88 Å². The van der Waals surface area contributed by atoms with Crippen LogP contribution in [0.2, 0.25) is 5.02 Å². The third kappa shape index (κ3) is 4.94. The predicted molar refractivity (Wildman–Crippen MR) is 112 cm³/mol. The Kier molecular flexibility index (Phi) is 6.26. The van der Waals surface area contributed by atoms with Gasteiger partial charge in [-0.3, -0.25) is 9.59 Å². The first-order valence-electron chi connectivity index (χ1n) is 8.00. The van der Waals surface area contributed by atoms with Crippen molar-refractivity contribution in [1.29, 1.82) is 0 Å². The molecule has 0 unspecified atom stereocenters. The lowest BCUT2D eigenvalue weighted by molar-refractivity contribution is -0.115. The van der Waals surface area contributed by atoms with Gasteiger partial charge in [0.15, 0.2) is 0 Å². The number of para-hydroxylation sites is 1. The molecule has 0 saturated carbocycles. The van der Waals surface area contributed by atoms with Gasteiger partial charge in [-0.15, -0.1) is 11.3 Å². The standard InChI is InChI=1S/C19H15BrClN3O2S/c1-11-17(27-19(23-11)12-5-4-6-13(21)9-12)18(26)22-10-16(25)24-15-8-3-2-7-14(15)20/h2-9H,10H2,1H3,(H,22,26)(H,24,25). The summed E-state index contributed by atoms with van der Waals surface area (Å²) in [7, 11) is 0. The lowest BCUT2D eigenvalue weighted by Gasteiger charge is -2.08. The van der Waals surface area contributed by atoms with Crippen molar-refractivity contribution >= 4 is 56.4 Å². The van der Waals surface area contributed by atoms with Gasteiger partial charge in [-0.05, 0) is 47.1 Å². The van der Waals surface area contributed by atoms with E-state index in [2.05, 4.69) is 31.5 Å². The maximum Gasteiger partial charge on any atom is 0.263 e. The van der Waals surface area contributed by atoms with Gasteiger partial charge in [0.25, 0.3) is 5.91 Å². The molecule has 27 heavy (non-hydrogen) atoms. The topological polar surface area (TPSA) is 71.1 Å². The molecule has 0 atom stereocenters. The Labute approximate surface area is 173 Å². The van der Waals surface area contributed by atoms with Crippen LogP contribution < -0.4 is 10.6 Å². The minimum Gasteiger partial charge on any atom is -0.342 e. The lowest BCUT2D eigenvalue weighted by Crippen LogP contribution is -2.32. The van der Waals surface area contributed by atoms with Crippen LogP contribution in [0.1, 0.15) is 15.4 Å². The van der Waals surface area contributed by atoms with Crippen LogP contribution in [0.4, 0.5) is 5.69 Å². The van der Waals surface area contributed by atoms with E-state index in [0.717, 1.165) is 10.0 Å². The molecular weight excluding hydrogens is 450 g/mol. The van der Waals surface area contributed by atoms with Crippen LogP contribution in [0, 0.1) is 6.92 Å². The number of carbonyl (C=O) groups excluding carboxylic acids is 2. The highest BCUT2D eigenvalue weighted by atomic mass is 79.9. The van der Waals surface area contributed by atoms with Crippen LogP contribution in [0.25, 0.3) is 10.6 Å². The summed E-state index contributed by atoms with van der Waals surface area (Å²) in [5.41, 5.74) is 2.11. The Hall–Kier alpha value is -2.22. The molecule has 0 aliphatic carbocycles. The monoisotopic (exact) mass is 463 g/mol. The summed E-state index contributed by atoms with van der Waals surface area (Å²) < 4.78 is 0.772. The molecule has 0 fully saturated rings. The van der Waals surface area contributed by atoms with Crippen molar-refractivity contribution in [2.24, 2.45) is 0 Å². The second-order valence-electron chi connectivity index (χ2n) is 5.65. The van der Waals surface area contributed by atoms with Gasteiger partial charge in [0.05, 0.1) is 17.9 Å². The van der Waals surface area contributed by atoms with E-state index in [1.807, 2.05) is 30.3 Å². The normalized spacial score (nSPS) is 10.5. The molecule has 0 spiro atoms. The van der Waals surface area contributed by atoms with Gasteiger partial charge in [0.2, 0.25) is 5.91 Å². The molecule has 5 nitrogen and oxygen atoms in total. The van der Waals surface area contributed by atoms with E-state index in [1.54, 1.807) is 25.1 Å². The number of benzene rings is 2. The van der Waals surface area contributed by atoms with Crippen LogP contribution in [0.15, 0.2) is 53.0 Å². The summed E-state index contributed by atoms with van der Waals surface area (Å²) >= 11 is 10.6. The first kappa shape index (κ1) is 19.5. The largest absolute Gasteiger partial charge is 0.342 e. The third-order valence-corrected chi connectivity index (χ3v) is 5.76. The summed E-state index contributed by atoms with van der Waals surface area (Å²) in [6.07, 6.45) is 0. The molecule has 0 saturated heterocycles. The quantitative estimate of drug-likeness (QED) is 0.564. The SMILES string of the molecule is Cc1nc(-c2cccc(Cl)c2)sc1C(=O)NCC(=O)Nc1ccccc1Br. The van der Waals surface area contributed by atoms with E-state index in [1.165, 1.54) is 11.3 Å². The molecule has 0 radical (unpaired) electrons. The second kappa shape index (κ2) is 8.65. The summed E-state index contributed by atoms with van der Waals surface area (Å²) in [5, 5.41) is 6.69. The van der Waals surface area contributed by atoms with Crippen molar-refractivity contribution in [1.82, 2.24) is 10.3 Å². The van der Waals surface area contributed by atoms with Crippen LogP contribution in [0.5, 0.6) is 0 Å². The van der Waals surface area contributed by atoms with Crippen molar-refractivity contribution in [2.45, 2.75) is 6.92 Å². The number of hydrogen-bond acceptors (Lipinski definition) is 4. The molecule has 3 aromatic rings. The number of carbonyl (C=O) groups is 2. The smallest absolute Gasteiger partial charge is 0.263 e. The van der Waals surface area contributed by atoms with Crippen molar-refractivity contribution in [3.05, 3.63) is 68.6 Å². The number of amides is 2. The minimum atomic E-state index is -0.333. The fourth-order valence-corrected chi connectivity index (χ4v) is 3.90. The van der Waals surface area contributed by atoms with E-state index in [9.17, 15) is 9.59 Å². The third-order valence-electron chi connectivity index (χ3n) is 3.63. The van der Waals surface area contributed by atoms with E-state index in [0.29, 0.717) is 26.3 Å². The first-order valence-corrected chi connectivity index (χ1v) is 9.98. The predicted octanol–water partition coefficient (Wildman–Crippen LogP) is 4.90. The first-order chi connectivity index (χ1) is 12.9. The summed E-state index contributed by atoms with van der Waals surface area (Å²) in [6.45, 7) is 1.63. The Morgan fingerprint density at radius 1 is 1.19 bits per heavy atom. The lowest BCUT2D eigenvalue weighted by atomic mass is 10.2. The number of hydrogen-bond donors (Lipinski definition) is 2. The molecule has 3 rings (SSSR count). The van der Waals surface area contributed by atoms with Gasteiger partial charge < -0.3 is 10.6 Å². The van der Waals surface area contributed by atoms with Gasteiger partial charge >= 0.3 is 0 Å². The molecule has 2 amide bonds. The molecule has 1 heterocycles. The van der Waals surface area contributed by atoms with Crippen LogP contribution in [-0.4, -0.2) is 23.3 Å². The maximum atomic E-state index is 12.4. The van der Waals surface area contributed by atoms with Crippen molar-refractivity contribution < 1.29 is 9.59 Å². The van der Waals surface area contributed by atoms with Crippen LogP contribution in [0.3, 0.4) is 0 Å². The number of thiazole rings is 1. The highest BCUT2D eigenvalue weighted by Crippen LogP contribution is 2.29. The Bertz CT molecular complexity index is 1010. The van der Waals surface area contributed by atoms with Crippen LogP contribution in [-0.2, 0) is 4.79 Å². The van der Waals surface area contributed by atoms with E-state index >= 15 is 0 Å². The molecule has 8 heteroatoms. The molecule has 2 N–H and O–H groups in total. The zero-order valence-corrected chi connectivity index (χ0v) is 17.4. The maximum absolute atomic E-state index is 12.4. The number of halogens is 2. The molecule has 0 aliphatic heterocycles. The van der Waals surface area contributed by atoms with Gasteiger partial charge in [-0.1, -0.05) is 35.9 Å². The average molecular weight is 465 g/mol. The molecule has 1 aromatic heterocycles. The van der Waals surface area contributed by atoms with Crippen LogP contribution >= 0.6 is 38.9 Å². The Morgan fingerprint density at radius 2 is 1.96 bits per heavy atom. The molecular formula is C19H15BrClN3O2S. The van der Waals surface area contributed by atoms with E-state index in [-0.39, 0.29) is 18.4 Å². The Morgan fingerprint density at radius 3 is 2.70 bits per heavy atom. The highest BCUT2D eigenvalue weighted by Gasteiger charge is 2.17. The number of anilines is 1. The summed E-state index contributed by atoms with van der Waals surface area (Å²) in [5.74, 6) is -0.645. The second-order valence-corrected chi connectivity index (χ2v) is 7.94. The van der Waals surface area contributed by atoms with Crippen molar-refractivity contribution in [3.8, 4) is 10.6 Å². The highest BCUT2D eigenvalue weighted by molar-refractivity contribution is 9.10. The van der Waals surface area contributed by atoms with Crippen molar-refractivity contribution in [3.63, 3.8) is 0 Å². The summed E-state index contributed by atoms with van der Waals surface area (Å²) in [6, 6.07) is 14.6. The van der Waals surface area contributed by atoms with Crippen molar-refractivity contribution in [2.75, 3.05) is 11.9 Å². The number of nitrogens with zero attached hydrogens (tertiary/aromatic N) is 1. The fourth-order valence-electron chi connectivity index (χ4n) is 2.35. The van der Waals surface area contributed by atoms with E-state index in [4.69, 9.17) is 11.6 Å². The fraction of sp³-hybridized carbons (Fsp3) is 0.105. The number of rotatable bonds is 5. The number of aryl methyl sites for hydroxylation is 1. The Balaban J connectivity index is 1.64. The zero-order chi connectivity index (χ0) is 19.4. The van der Waals surface area contributed by atoms with Gasteiger partial charge in [-0.25, -0.2) is 4.98 Å². The molecule has 2 aromatic carbocycles. The number of nitrogens with one attached hydrogen (secondary N) is 2. The average Bonchev–Trinajstić information content (AvgIpc) is 3.03. The molecule has 0 bridgehead atoms. The minimum absolute atomic E-state index is 0.135. The van der Waals surface area contributed by atoms with E-state index < -0.39 is 0 Å². The number of aromatic nitrogens is 1. The van der Waals surface area contributed by atoms with Gasteiger partial charge in [0, 0.05) is 15.1 Å². The van der Waals surface area contributed by atoms with Gasteiger partial charge in [-0.2, -0.15) is 0 Å². The molecule has 138 valence electrons. The molecule has 0 aliphatic rings. The summed E-state index contributed by atoms with van der Waals surface area (Å²) in [4.78, 5) is 29.4.